The van der Waals surface area contributed by atoms with Crippen LogP contribution >= 0.6 is 0 Å². The summed E-state index contributed by atoms with van der Waals surface area (Å²) in [6.07, 6.45) is 8.97. The first kappa shape index (κ1) is 14.2. The second kappa shape index (κ2) is 4.55. The molecule has 118 valence electrons. The highest BCUT2D eigenvalue weighted by Crippen LogP contribution is 2.65. The van der Waals surface area contributed by atoms with E-state index in [2.05, 4.69) is 13.8 Å². The summed E-state index contributed by atoms with van der Waals surface area (Å²) in [7, 11) is 0. The van der Waals surface area contributed by atoms with E-state index < -0.39 is 6.17 Å². The second-order valence-corrected chi connectivity index (χ2v) is 8.90. The van der Waals surface area contributed by atoms with Crippen molar-refractivity contribution in [3.8, 4) is 0 Å². The quantitative estimate of drug-likeness (QED) is 0.618. The molecule has 0 saturated heterocycles. The van der Waals surface area contributed by atoms with Crippen molar-refractivity contribution in [2.24, 2.45) is 34.5 Å². The van der Waals surface area contributed by atoms with Gasteiger partial charge in [-0.25, -0.2) is 4.39 Å². The van der Waals surface area contributed by atoms with E-state index in [1.165, 1.54) is 25.7 Å². The Labute approximate surface area is 128 Å². The minimum absolute atomic E-state index is 0.112. The molecular formula is C19H29FO. The number of ketones is 1. The zero-order valence-corrected chi connectivity index (χ0v) is 13.5. The van der Waals surface area contributed by atoms with Gasteiger partial charge in [0.05, 0.1) is 0 Å². The molecule has 4 fully saturated rings. The highest BCUT2D eigenvalue weighted by molar-refractivity contribution is 5.87. The molecule has 4 aliphatic rings. The molecule has 4 saturated carbocycles. The molecule has 0 bridgehead atoms. The fraction of sp³-hybridized carbons (Fsp3) is 0.947. The van der Waals surface area contributed by atoms with Crippen molar-refractivity contribution in [1.82, 2.24) is 0 Å². The van der Waals surface area contributed by atoms with Crippen LogP contribution in [0.3, 0.4) is 0 Å². The monoisotopic (exact) mass is 292 g/mol. The van der Waals surface area contributed by atoms with Gasteiger partial charge in [-0.2, -0.15) is 0 Å². The van der Waals surface area contributed by atoms with Crippen molar-refractivity contribution in [3.63, 3.8) is 0 Å². The summed E-state index contributed by atoms with van der Waals surface area (Å²) >= 11 is 0. The summed E-state index contributed by atoms with van der Waals surface area (Å²) in [6.45, 7) is 4.57. The number of rotatable bonds is 0. The zero-order valence-electron chi connectivity index (χ0n) is 13.5. The third kappa shape index (κ3) is 1.77. The lowest BCUT2D eigenvalue weighted by Crippen LogP contribution is -2.56. The van der Waals surface area contributed by atoms with Gasteiger partial charge in [-0.05, 0) is 67.6 Å². The topological polar surface area (TPSA) is 17.1 Å². The highest BCUT2D eigenvalue weighted by atomic mass is 19.1. The van der Waals surface area contributed by atoms with Gasteiger partial charge < -0.3 is 0 Å². The molecule has 0 aromatic heterocycles. The predicted molar refractivity (Wildman–Crippen MR) is 81.6 cm³/mol. The first-order valence-corrected chi connectivity index (χ1v) is 9.14. The van der Waals surface area contributed by atoms with Crippen LogP contribution in [0.5, 0.6) is 0 Å². The van der Waals surface area contributed by atoms with Gasteiger partial charge in [-0.1, -0.05) is 26.7 Å². The summed E-state index contributed by atoms with van der Waals surface area (Å²) in [4.78, 5) is 12.4. The molecule has 0 radical (unpaired) electrons. The highest BCUT2D eigenvalue weighted by Gasteiger charge is 2.61. The Morgan fingerprint density at radius 2 is 1.81 bits per heavy atom. The summed E-state index contributed by atoms with van der Waals surface area (Å²) in [6, 6.07) is 0. The maximum Gasteiger partial charge on any atom is 0.139 e. The molecule has 21 heavy (non-hydrogen) atoms. The summed E-state index contributed by atoms with van der Waals surface area (Å²) in [5.74, 6) is 2.40. The number of fused-ring (bicyclic) bond motifs is 5. The first-order chi connectivity index (χ1) is 9.97. The molecule has 5 unspecified atom stereocenters. The van der Waals surface area contributed by atoms with E-state index in [1.807, 2.05) is 0 Å². The molecule has 0 aliphatic heterocycles. The van der Waals surface area contributed by atoms with E-state index in [4.69, 9.17) is 0 Å². The van der Waals surface area contributed by atoms with Crippen molar-refractivity contribution in [3.05, 3.63) is 0 Å². The zero-order chi connectivity index (χ0) is 14.8. The minimum atomic E-state index is -0.616. The van der Waals surface area contributed by atoms with Crippen LogP contribution in [0.2, 0.25) is 0 Å². The Hall–Kier alpha value is -0.400. The molecule has 0 heterocycles. The van der Waals surface area contributed by atoms with Crippen LogP contribution in [-0.4, -0.2) is 12.0 Å². The van der Waals surface area contributed by atoms with Gasteiger partial charge in [0.25, 0.3) is 0 Å². The molecule has 4 aliphatic carbocycles. The molecule has 2 heteroatoms. The number of hydrogen-bond donors (Lipinski definition) is 0. The van der Waals surface area contributed by atoms with Gasteiger partial charge in [0.2, 0.25) is 0 Å². The Morgan fingerprint density at radius 1 is 1.00 bits per heavy atom. The molecule has 1 nitrogen and oxygen atoms in total. The fourth-order valence-electron chi connectivity index (χ4n) is 7.07. The Kier molecular flexibility index (Phi) is 3.08. The summed E-state index contributed by atoms with van der Waals surface area (Å²) in [5.41, 5.74) is 0.103. The average Bonchev–Trinajstić information content (AvgIpc) is 2.75. The van der Waals surface area contributed by atoms with E-state index in [0.717, 1.165) is 32.1 Å². The lowest BCUT2D eigenvalue weighted by Gasteiger charge is -2.60. The number of carbonyl (C=O) groups excluding carboxylic acids is 1. The molecule has 7 atom stereocenters. The van der Waals surface area contributed by atoms with Crippen molar-refractivity contribution in [2.45, 2.75) is 77.8 Å². The van der Waals surface area contributed by atoms with Crippen LogP contribution < -0.4 is 0 Å². The standard InChI is InChI=1S/C19H29FO/c1-18-9-4-3-5-15(18)16(20)11-12-13-6-7-17(21)19(13,2)10-8-14(12)18/h12-16H,3-11H2,1-2H3/t12?,13?,14?,15-,16+,18?,19?/m1/s1. The van der Waals surface area contributed by atoms with Gasteiger partial charge >= 0.3 is 0 Å². The lowest BCUT2D eigenvalue weighted by atomic mass is 9.45. The Bertz CT molecular complexity index is 460. The van der Waals surface area contributed by atoms with Crippen LogP contribution in [0, 0.1) is 34.5 Å². The van der Waals surface area contributed by atoms with E-state index in [9.17, 15) is 9.18 Å². The van der Waals surface area contributed by atoms with E-state index in [1.54, 1.807) is 0 Å². The molecular weight excluding hydrogens is 263 g/mol. The SMILES string of the molecule is CC12CCC3C(C[C@H](F)[C@H]4CCCCC34C)C1CCC2=O. The predicted octanol–water partition coefficient (Wildman–Crippen LogP) is 4.94. The molecule has 0 amide bonds. The maximum absolute atomic E-state index is 14.9. The smallest absolute Gasteiger partial charge is 0.139 e. The van der Waals surface area contributed by atoms with Crippen LogP contribution in [0.15, 0.2) is 0 Å². The fourth-order valence-corrected chi connectivity index (χ4v) is 7.07. The summed E-state index contributed by atoms with van der Waals surface area (Å²) < 4.78 is 14.9. The van der Waals surface area contributed by atoms with Crippen LogP contribution in [0.4, 0.5) is 4.39 Å². The third-order valence-corrected chi connectivity index (χ3v) is 8.25. The van der Waals surface area contributed by atoms with E-state index in [0.29, 0.717) is 29.5 Å². The number of alkyl halides is 1. The summed E-state index contributed by atoms with van der Waals surface area (Å²) in [5, 5.41) is 0. The molecule has 0 spiro atoms. The van der Waals surface area contributed by atoms with Crippen molar-refractivity contribution < 1.29 is 9.18 Å². The van der Waals surface area contributed by atoms with Gasteiger partial charge in [0, 0.05) is 11.8 Å². The van der Waals surface area contributed by atoms with Crippen molar-refractivity contribution in [1.29, 1.82) is 0 Å². The second-order valence-electron chi connectivity index (χ2n) is 8.90. The molecule has 0 N–H and O–H groups in total. The molecule has 0 aromatic carbocycles. The normalized spacial score (nSPS) is 56.5. The Balaban J connectivity index is 1.69. The van der Waals surface area contributed by atoms with E-state index >= 15 is 0 Å². The third-order valence-electron chi connectivity index (χ3n) is 8.25. The van der Waals surface area contributed by atoms with Gasteiger partial charge in [-0.15, -0.1) is 0 Å². The van der Waals surface area contributed by atoms with Crippen LogP contribution in [-0.2, 0) is 4.79 Å². The largest absolute Gasteiger partial charge is 0.299 e. The lowest BCUT2D eigenvalue weighted by molar-refractivity contribution is -0.148. The number of hydrogen-bond acceptors (Lipinski definition) is 1. The van der Waals surface area contributed by atoms with Gasteiger partial charge in [0.15, 0.2) is 0 Å². The number of carbonyl (C=O) groups is 1. The Morgan fingerprint density at radius 3 is 2.62 bits per heavy atom. The van der Waals surface area contributed by atoms with Crippen LogP contribution in [0.1, 0.15) is 71.6 Å². The van der Waals surface area contributed by atoms with Crippen molar-refractivity contribution >= 4 is 5.78 Å². The number of Topliss-reactive ketones (excluding diaryl/α,β-unsaturated/α-hetero) is 1. The van der Waals surface area contributed by atoms with E-state index in [-0.39, 0.29) is 10.8 Å². The minimum Gasteiger partial charge on any atom is -0.299 e. The first-order valence-electron chi connectivity index (χ1n) is 9.14. The van der Waals surface area contributed by atoms with Gasteiger partial charge in [-0.3, -0.25) is 4.79 Å². The van der Waals surface area contributed by atoms with Crippen LogP contribution in [0.25, 0.3) is 0 Å². The molecule has 0 aromatic rings. The number of halogens is 1. The van der Waals surface area contributed by atoms with Gasteiger partial charge in [0.1, 0.15) is 12.0 Å². The average molecular weight is 292 g/mol. The van der Waals surface area contributed by atoms with Crippen molar-refractivity contribution in [2.75, 3.05) is 0 Å². The maximum atomic E-state index is 14.9. The molecule has 4 rings (SSSR count).